The fourth-order valence-corrected chi connectivity index (χ4v) is 2.31. The average Bonchev–Trinajstić information content (AvgIpc) is 2.74. The Bertz CT molecular complexity index is 403. The fraction of sp³-hybridized carbons (Fsp3) is 0.545. The van der Waals surface area contributed by atoms with Crippen LogP contribution in [0.25, 0.3) is 0 Å². The van der Waals surface area contributed by atoms with Crippen LogP contribution in [0.2, 0.25) is 0 Å². The summed E-state index contributed by atoms with van der Waals surface area (Å²) >= 11 is 1.38. The number of carboxylic acid groups (broad SMARTS) is 1. The van der Waals surface area contributed by atoms with E-state index in [0.717, 1.165) is 17.8 Å². The molecule has 0 bridgehead atoms. The van der Waals surface area contributed by atoms with E-state index in [1.165, 1.54) is 16.2 Å². The first-order chi connectivity index (χ1) is 8.04. The van der Waals surface area contributed by atoms with Crippen LogP contribution >= 0.6 is 11.3 Å². The maximum absolute atomic E-state index is 11.9. The van der Waals surface area contributed by atoms with Crippen molar-refractivity contribution in [3.63, 3.8) is 0 Å². The van der Waals surface area contributed by atoms with Crippen molar-refractivity contribution in [2.24, 2.45) is 0 Å². The Morgan fingerprint density at radius 3 is 2.82 bits per heavy atom. The van der Waals surface area contributed by atoms with Crippen molar-refractivity contribution >= 4 is 23.2 Å². The number of carbonyl (C=O) groups excluding carboxylic acids is 1. The zero-order chi connectivity index (χ0) is 12.8. The minimum Gasteiger partial charge on any atom is -0.481 e. The molecule has 1 rings (SSSR count). The standard InChI is InChI=1S/C11H16N2O3S/c1-3-4-9-12-7-8(17-9)11(16)13(2)6-5-10(14)15/h7H,3-6H2,1-2H3,(H,14,15). The lowest BCUT2D eigenvalue weighted by molar-refractivity contribution is -0.137. The Morgan fingerprint density at radius 2 is 2.24 bits per heavy atom. The summed E-state index contributed by atoms with van der Waals surface area (Å²) in [5.41, 5.74) is 0. The van der Waals surface area contributed by atoms with Crippen molar-refractivity contribution in [2.45, 2.75) is 26.2 Å². The third-order valence-corrected chi connectivity index (χ3v) is 3.28. The first kappa shape index (κ1) is 13.6. The minimum absolute atomic E-state index is 0.0388. The molecular formula is C11H16N2O3S. The van der Waals surface area contributed by atoms with Crippen LogP contribution in [0.15, 0.2) is 6.20 Å². The van der Waals surface area contributed by atoms with Gasteiger partial charge in [-0.3, -0.25) is 9.59 Å². The summed E-state index contributed by atoms with van der Waals surface area (Å²) in [6, 6.07) is 0. The van der Waals surface area contributed by atoms with Gasteiger partial charge in [-0.2, -0.15) is 0 Å². The number of amides is 1. The van der Waals surface area contributed by atoms with Crippen LogP contribution in [-0.4, -0.2) is 40.5 Å². The maximum atomic E-state index is 11.9. The van der Waals surface area contributed by atoms with Crippen LogP contribution in [0.3, 0.4) is 0 Å². The number of aromatic nitrogens is 1. The van der Waals surface area contributed by atoms with Crippen molar-refractivity contribution in [1.29, 1.82) is 0 Å². The van der Waals surface area contributed by atoms with Crippen LogP contribution in [0.5, 0.6) is 0 Å². The van der Waals surface area contributed by atoms with Gasteiger partial charge in [0.15, 0.2) is 0 Å². The number of rotatable bonds is 6. The zero-order valence-corrected chi connectivity index (χ0v) is 10.8. The molecule has 0 aliphatic heterocycles. The number of thiazole rings is 1. The van der Waals surface area contributed by atoms with E-state index in [1.807, 2.05) is 0 Å². The monoisotopic (exact) mass is 256 g/mol. The van der Waals surface area contributed by atoms with Crippen molar-refractivity contribution < 1.29 is 14.7 Å². The highest BCUT2D eigenvalue weighted by Gasteiger charge is 2.15. The molecule has 94 valence electrons. The third kappa shape index (κ3) is 4.14. The van der Waals surface area contributed by atoms with Gasteiger partial charge in [0.2, 0.25) is 0 Å². The normalized spacial score (nSPS) is 10.2. The minimum atomic E-state index is -0.902. The second kappa shape index (κ2) is 6.34. The van der Waals surface area contributed by atoms with Crippen molar-refractivity contribution in [3.8, 4) is 0 Å². The molecule has 0 radical (unpaired) electrons. The molecule has 1 aromatic rings. The van der Waals surface area contributed by atoms with Gasteiger partial charge in [-0.05, 0) is 12.8 Å². The van der Waals surface area contributed by atoms with E-state index in [2.05, 4.69) is 11.9 Å². The molecule has 0 aliphatic carbocycles. The summed E-state index contributed by atoms with van der Waals surface area (Å²) < 4.78 is 0. The van der Waals surface area contributed by atoms with Crippen LogP contribution in [0, 0.1) is 0 Å². The van der Waals surface area contributed by atoms with Gasteiger partial charge in [-0.25, -0.2) is 4.98 Å². The molecule has 0 unspecified atom stereocenters. The topological polar surface area (TPSA) is 70.5 Å². The van der Waals surface area contributed by atoms with Crippen LogP contribution < -0.4 is 0 Å². The van der Waals surface area contributed by atoms with E-state index in [-0.39, 0.29) is 18.9 Å². The number of aliphatic carboxylic acids is 1. The lowest BCUT2D eigenvalue weighted by Gasteiger charge is -2.14. The fourth-order valence-electron chi connectivity index (χ4n) is 1.29. The van der Waals surface area contributed by atoms with E-state index in [4.69, 9.17) is 5.11 Å². The summed E-state index contributed by atoms with van der Waals surface area (Å²) in [5, 5.41) is 9.49. The molecule has 1 amide bonds. The van der Waals surface area contributed by atoms with E-state index in [1.54, 1.807) is 13.2 Å². The Morgan fingerprint density at radius 1 is 1.53 bits per heavy atom. The summed E-state index contributed by atoms with van der Waals surface area (Å²) in [5.74, 6) is -1.06. The lowest BCUT2D eigenvalue weighted by Crippen LogP contribution is -2.28. The molecule has 0 fully saturated rings. The smallest absolute Gasteiger partial charge is 0.305 e. The van der Waals surface area contributed by atoms with Crippen LogP contribution in [-0.2, 0) is 11.2 Å². The first-order valence-corrected chi connectivity index (χ1v) is 6.28. The van der Waals surface area contributed by atoms with Crippen molar-refractivity contribution in [1.82, 2.24) is 9.88 Å². The van der Waals surface area contributed by atoms with Gasteiger partial charge in [0, 0.05) is 13.6 Å². The van der Waals surface area contributed by atoms with Gasteiger partial charge in [0.25, 0.3) is 5.91 Å². The van der Waals surface area contributed by atoms with Gasteiger partial charge in [-0.1, -0.05) is 6.92 Å². The summed E-state index contributed by atoms with van der Waals surface area (Å²) in [6.45, 7) is 2.27. The van der Waals surface area contributed by atoms with Crippen molar-refractivity contribution in [3.05, 3.63) is 16.1 Å². The SMILES string of the molecule is CCCc1ncc(C(=O)N(C)CCC(=O)O)s1. The van der Waals surface area contributed by atoms with Gasteiger partial charge in [0.1, 0.15) is 4.88 Å². The van der Waals surface area contributed by atoms with Gasteiger partial charge in [-0.15, -0.1) is 11.3 Å². The highest BCUT2D eigenvalue weighted by Crippen LogP contribution is 2.16. The molecule has 0 saturated heterocycles. The molecule has 17 heavy (non-hydrogen) atoms. The molecule has 0 atom stereocenters. The van der Waals surface area contributed by atoms with Crippen LogP contribution in [0.1, 0.15) is 34.4 Å². The van der Waals surface area contributed by atoms with E-state index in [0.29, 0.717) is 4.88 Å². The molecule has 0 spiro atoms. The quantitative estimate of drug-likeness (QED) is 0.840. The van der Waals surface area contributed by atoms with Crippen LogP contribution in [0.4, 0.5) is 0 Å². The molecule has 5 nitrogen and oxygen atoms in total. The van der Waals surface area contributed by atoms with E-state index >= 15 is 0 Å². The first-order valence-electron chi connectivity index (χ1n) is 5.46. The summed E-state index contributed by atoms with van der Waals surface area (Å²) in [6.07, 6.45) is 3.39. The second-order valence-corrected chi connectivity index (χ2v) is 4.85. The van der Waals surface area contributed by atoms with Gasteiger partial charge < -0.3 is 10.0 Å². The number of carbonyl (C=O) groups is 2. The van der Waals surface area contributed by atoms with Crippen molar-refractivity contribution in [2.75, 3.05) is 13.6 Å². The molecule has 0 saturated carbocycles. The molecular weight excluding hydrogens is 240 g/mol. The van der Waals surface area contributed by atoms with E-state index in [9.17, 15) is 9.59 Å². The Kier molecular flexibility index (Phi) is 5.09. The Labute approximate surface area is 104 Å². The molecule has 6 heteroatoms. The number of nitrogens with zero attached hydrogens (tertiary/aromatic N) is 2. The summed E-state index contributed by atoms with van der Waals surface area (Å²) in [7, 11) is 1.60. The van der Waals surface area contributed by atoms with Gasteiger partial charge in [0.05, 0.1) is 17.6 Å². The highest BCUT2D eigenvalue weighted by atomic mass is 32.1. The predicted molar refractivity (Wildman–Crippen MR) is 65.3 cm³/mol. The molecule has 1 aromatic heterocycles. The average molecular weight is 256 g/mol. The predicted octanol–water partition coefficient (Wildman–Crippen LogP) is 1.64. The number of aryl methyl sites for hydroxylation is 1. The number of hydrogen-bond acceptors (Lipinski definition) is 4. The number of carboxylic acids is 1. The molecule has 0 aliphatic rings. The summed E-state index contributed by atoms with van der Waals surface area (Å²) in [4.78, 5) is 28.4. The second-order valence-electron chi connectivity index (χ2n) is 3.74. The Balaban J connectivity index is 2.58. The molecule has 1 heterocycles. The van der Waals surface area contributed by atoms with E-state index < -0.39 is 5.97 Å². The van der Waals surface area contributed by atoms with Gasteiger partial charge >= 0.3 is 5.97 Å². The Hall–Kier alpha value is -1.43. The lowest BCUT2D eigenvalue weighted by atomic mass is 10.3. The molecule has 1 N–H and O–H groups in total. The maximum Gasteiger partial charge on any atom is 0.305 e. The zero-order valence-electron chi connectivity index (χ0n) is 9.97. The third-order valence-electron chi connectivity index (χ3n) is 2.24. The largest absolute Gasteiger partial charge is 0.481 e. The molecule has 0 aromatic carbocycles. The number of hydrogen-bond donors (Lipinski definition) is 1. The highest BCUT2D eigenvalue weighted by molar-refractivity contribution is 7.13.